The van der Waals surface area contributed by atoms with Crippen LogP contribution >= 0.6 is 0 Å². The molecule has 46 heavy (non-hydrogen) atoms. The summed E-state index contributed by atoms with van der Waals surface area (Å²) in [4.78, 5) is 27.2. The minimum absolute atomic E-state index is 0.143. The van der Waals surface area contributed by atoms with Crippen LogP contribution in [0.15, 0.2) is 36.4 Å². The number of hydrogen-bond acceptors (Lipinski definition) is 4. The minimum Gasteiger partial charge on any atom is -0.299 e. The molecule has 0 spiro atoms. The van der Waals surface area contributed by atoms with E-state index in [0.717, 1.165) is 0 Å². The van der Waals surface area contributed by atoms with E-state index in [1.807, 2.05) is 0 Å². The standard InChI is InChI=1S/C30H18F12N2O2/c31-27(32,33)13-1-11(2-14(5-13)28(34,35)36)23-21(9-43)17-7-18-20(8-19(17)25(23)45)26(46)24(22(18)10-44)12-3-15(29(37,38)39)6-16(4-12)30(40,41)42/h1-6,17-24H,7-8H2. The van der Waals surface area contributed by atoms with Crippen LogP contribution in [0.25, 0.3) is 0 Å². The monoisotopic (exact) mass is 666 g/mol. The molecule has 3 aliphatic carbocycles. The Morgan fingerprint density at radius 3 is 1.02 bits per heavy atom. The van der Waals surface area contributed by atoms with E-state index in [1.54, 1.807) is 12.1 Å². The highest BCUT2D eigenvalue weighted by Gasteiger charge is 2.61. The minimum atomic E-state index is -5.25. The van der Waals surface area contributed by atoms with Crippen molar-refractivity contribution in [3.05, 3.63) is 69.8 Å². The van der Waals surface area contributed by atoms with Crippen molar-refractivity contribution in [3.63, 3.8) is 0 Å². The maximum absolute atomic E-state index is 13.6. The van der Waals surface area contributed by atoms with E-state index in [2.05, 4.69) is 0 Å². The number of hydrogen-bond donors (Lipinski definition) is 0. The molecule has 2 aromatic carbocycles. The quantitative estimate of drug-likeness (QED) is 0.302. The summed E-state index contributed by atoms with van der Waals surface area (Å²) in [5, 5.41) is 20.0. The second-order valence-electron chi connectivity index (χ2n) is 11.8. The van der Waals surface area contributed by atoms with Gasteiger partial charge in [-0.15, -0.1) is 0 Å². The molecule has 2 aromatic rings. The highest BCUT2D eigenvalue weighted by molar-refractivity contribution is 5.95. The lowest BCUT2D eigenvalue weighted by Gasteiger charge is -2.35. The van der Waals surface area contributed by atoms with Crippen molar-refractivity contribution in [3.8, 4) is 12.1 Å². The summed E-state index contributed by atoms with van der Waals surface area (Å²) >= 11 is 0. The smallest absolute Gasteiger partial charge is 0.299 e. The van der Waals surface area contributed by atoms with Crippen molar-refractivity contribution < 1.29 is 62.3 Å². The number of carbonyl (C=O) groups excluding carboxylic acids is 2. The summed E-state index contributed by atoms with van der Waals surface area (Å²) in [6.45, 7) is 0. The fraction of sp³-hybridized carbons (Fsp3) is 0.467. The first kappa shape index (κ1) is 33.3. The van der Waals surface area contributed by atoms with E-state index in [1.165, 1.54) is 0 Å². The molecule has 0 N–H and O–H groups in total. The Labute approximate surface area is 251 Å². The lowest BCUT2D eigenvalue weighted by atomic mass is 9.67. The molecule has 5 rings (SSSR count). The van der Waals surface area contributed by atoms with Crippen molar-refractivity contribution in [1.82, 2.24) is 0 Å². The molecular weight excluding hydrogens is 648 g/mol. The Balaban J connectivity index is 1.54. The molecule has 0 bridgehead atoms. The second-order valence-corrected chi connectivity index (χ2v) is 11.8. The number of halogens is 12. The van der Waals surface area contributed by atoms with Crippen molar-refractivity contribution in [2.45, 2.75) is 49.4 Å². The third-order valence-electron chi connectivity index (χ3n) is 9.31. The number of alkyl halides is 12. The highest BCUT2D eigenvalue weighted by atomic mass is 19.4. The van der Waals surface area contributed by atoms with Crippen LogP contribution in [0.2, 0.25) is 0 Å². The van der Waals surface area contributed by atoms with E-state index in [0.29, 0.717) is 24.3 Å². The molecule has 0 saturated heterocycles. The number of nitrogens with zero attached hydrogens (tertiary/aromatic N) is 2. The van der Waals surface area contributed by atoms with Gasteiger partial charge in [0.2, 0.25) is 0 Å². The van der Waals surface area contributed by atoms with Crippen molar-refractivity contribution in [2.75, 3.05) is 0 Å². The predicted molar refractivity (Wildman–Crippen MR) is 130 cm³/mol. The van der Waals surface area contributed by atoms with E-state index in [4.69, 9.17) is 0 Å². The van der Waals surface area contributed by atoms with Crippen LogP contribution in [0.5, 0.6) is 0 Å². The summed E-state index contributed by atoms with van der Waals surface area (Å²) in [5.41, 5.74) is -8.29. The summed E-state index contributed by atoms with van der Waals surface area (Å²) in [5.74, 6) is -13.0. The first-order chi connectivity index (χ1) is 21.1. The van der Waals surface area contributed by atoms with E-state index in [9.17, 15) is 72.8 Å². The number of fused-ring (bicyclic) bond motifs is 2. The Morgan fingerprint density at radius 1 is 0.500 bits per heavy atom. The molecule has 8 atom stereocenters. The molecule has 3 saturated carbocycles. The number of nitriles is 2. The van der Waals surface area contributed by atoms with Crippen LogP contribution in [-0.2, 0) is 34.3 Å². The van der Waals surface area contributed by atoms with Gasteiger partial charge in [0.1, 0.15) is 11.6 Å². The van der Waals surface area contributed by atoms with E-state index >= 15 is 0 Å². The topological polar surface area (TPSA) is 81.7 Å². The van der Waals surface area contributed by atoms with Gasteiger partial charge in [0, 0.05) is 11.8 Å². The van der Waals surface area contributed by atoms with Crippen LogP contribution in [0.3, 0.4) is 0 Å². The van der Waals surface area contributed by atoms with E-state index in [-0.39, 0.29) is 18.6 Å². The third kappa shape index (κ3) is 5.60. The number of ketones is 2. The molecule has 0 aromatic heterocycles. The molecule has 16 heteroatoms. The van der Waals surface area contributed by atoms with Crippen LogP contribution < -0.4 is 0 Å². The van der Waals surface area contributed by atoms with Gasteiger partial charge in [-0.3, -0.25) is 9.59 Å². The largest absolute Gasteiger partial charge is 0.416 e. The maximum atomic E-state index is 13.6. The zero-order valence-corrected chi connectivity index (χ0v) is 22.7. The molecule has 3 aliphatic rings. The van der Waals surface area contributed by atoms with Crippen LogP contribution in [0.1, 0.15) is 58.1 Å². The average molecular weight is 666 g/mol. The maximum Gasteiger partial charge on any atom is 0.416 e. The third-order valence-corrected chi connectivity index (χ3v) is 9.31. The predicted octanol–water partition coefficient (Wildman–Crippen LogP) is 8.33. The summed E-state index contributed by atoms with van der Waals surface area (Å²) < 4.78 is 162. The molecule has 0 radical (unpaired) electrons. The number of rotatable bonds is 2. The van der Waals surface area contributed by atoms with Crippen molar-refractivity contribution >= 4 is 11.6 Å². The van der Waals surface area contributed by atoms with Gasteiger partial charge in [-0.25, -0.2) is 0 Å². The lowest BCUT2D eigenvalue weighted by molar-refractivity contribution is -0.144. The Hall–Kier alpha value is -4.08. The fourth-order valence-corrected chi connectivity index (χ4v) is 7.42. The normalized spacial score (nSPS) is 30.0. The summed E-state index contributed by atoms with van der Waals surface area (Å²) in [6.07, 6.45) is -21.7. The molecule has 8 unspecified atom stereocenters. The Kier molecular flexibility index (Phi) is 7.77. The molecule has 0 amide bonds. The Bertz CT molecular complexity index is 1490. The van der Waals surface area contributed by atoms with E-state index < -0.39 is 123 Å². The molecular formula is C30H18F12N2O2. The van der Waals surface area contributed by atoms with Crippen LogP contribution in [0.4, 0.5) is 52.7 Å². The van der Waals surface area contributed by atoms with Gasteiger partial charge in [0.05, 0.1) is 58.1 Å². The first-order valence-corrected chi connectivity index (χ1v) is 13.5. The van der Waals surface area contributed by atoms with Gasteiger partial charge in [0.25, 0.3) is 0 Å². The molecule has 244 valence electrons. The first-order valence-electron chi connectivity index (χ1n) is 13.5. The van der Waals surface area contributed by atoms with Gasteiger partial charge in [-0.2, -0.15) is 63.2 Å². The number of Topliss-reactive ketones (excluding diaryl/α,β-unsaturated/α-hetero) is 2. The zero-order chi connectivity index (χ0) is 34.3. The summed E-state index contributed by atoms with van der Waals surface area (Å²) in [7, 11) is 0. The van der Waals surface area contributed by atoms with Crippen LogP contribution in [-0.4, -0.2) is 11.6 Å². The SMILES string of the molecule is N#CC1C(c2cc(C(F)(F)F)cc(C(F)(F)F)c2)C(=O)C2CC3C(=O)C(c4cc(C(F)(F)F)cc(C(F)(F)F)c4)C(C#N)C3CC21. The van der Waals surface area contributed by atoms with Crippen LogP contribution in [0, 0.1) is 58.2 Å². The molecule has 0 heterocycles. The van der Waals surface area contributed by atoms with Gasteiger partial charge in [-0.1, -0.05) is 0 Å². The highest BCUT2D eigenvalue weighted by Crippen LogP contribution is 2.60. The van der Waals surface area contributed by atoms with Crippen molar-refractivity contribution in [1.29, 1.82) is 10.5 Å². The fourth-order valence-electron chi connectivity index (χ4n) is 7.42. The molecule has 0 aliphatic heterocycles. The summed E-state index contributed by atoms with van der Waals surface area (Å²) in [6, 6.07) is 4.61. The van der Waals surface area contributed by atoms with Crippen molar-refractivity contribution in [2.24, 2.45) is 35.5 Å². The number of carbonyl (C=O) groups is 2. The second kappa shape index (κ2) is 10.7. The zero-order valence-electron chi connectivity index (χ0n) is 22.7. The van der Waals surface area contributed by atoms with Gasteiger partial charge in [0.15, 0.2) is 0 Å². The molecule has 3 fully saturated rings. The van der Waals surface area contributed by atoms with Gasteiger partial charge in [-0.05, 0) is 72.2 Å². The van der Waals surface area contributed by atoms with Gasteiger partial charge >= 0.3 is 24.7 Å². The molecule has 4 nitrogen and oxygen atoms in total. The Morgan fingerprint density at radius 2 is 0.783 bits per heavy atom. The van der Waals surface area contributed by atoms with Gasteiger partial charge < -0.3 is 0 Å². The average Bonchev–Trinajstić information content (AvgIpc) is 3.38. The number of benzene rings is 2. The lowest BCUT2D eigenvalue weighted by Crippen LogP contribution is -2.34.